The van der Waals surface area contributed by atoms with Crippen molar-refractivity contribution in [2.24, 2.45) is 0 Å². The molecule has 6 nitrogen and oxygen atoms in total. The zero-order chi connectivity index (χ0) is 13.3. The van der Waals surface area contributed by atoms with Crippen molar-refractivity contribution in [2.75, 3.05) is 0 Å². The van der Waals surface area contributed by atoms with Crippen LogP contribution >= 0.6 is 23.2 Å². The van der Waals surface area contributed by atoms with Crippen LogP contribution in [0.2, 0.25) is 10.3 Å². The summed E-state index contributed by atoms with van der Waals surface area (Å²) in [5.74, 6) is 0. The van der Waals surface area contributed by atoms with E-state index in [-0.39, 0.29) is 21.6 Å². The molecule has 0 fully saturated rings. The Morgan fingerprint density at radius 1 is 1.39 bits per heavy atom. The third kappa shape index (κ3) is 2.07. The molecule has 0 bridgehead atoms. The van der Waals surface area contributed by atoms with E-state index in [1.807, 2.05) is 0 Å². The van der Waals surface area contributed by atoms with E-state index in [9.17, 15) is 14.9 Å². The third-order valence-corrected chi connectivity index (χ3v) is 2.86. The summed E-state index contributed by atoms with van der Waals surface area (Å²) < 4.78 is 1.17. The first-order valence-electron chi connectivity index (χ1n) is 4.68. The van der Waals surface area contributed by atoms with Gasteiger partial charge in [-0.15, -0.1) is 0 Å². The molecule has 1 aromatic carbocycles. The number of halogens is 2. The fraction of sp³-hybridized carbons (Fsp3) is 0. The van der Waals surface area contributed by atoms with Crippen molar-refractivity contribution in [3.63, 3.8) is 0 Å². The SMILES string of the molecule is O=Cc1c(Cl)nn(-c2cccc([N+](=O)[O-])c2)c1Cl. The zero-order valence-corrected chi connectivity index (χ0v) is 10.2. The Kier molecular flexibility index (Phi) is 3.31. The van der Waals surface area contributed by atoms with E-state index in [2.05, 4.69) is 5.10 Å². The molecule has 8 heteroatoms. The quantitative estimate of drug-likeness (QED) is 0.493. The maximum Gasteiger partial charge on any atom is 0.271 e. The Bertz CT molecular complexity index is 639. The highest BCUT2D eigenvalue weighted by Crippen LogP contribution is 2.26. The molecule has 0 aliphatic heterocycles. The summed E-state index contributed by atoms with van der Waals surface area (Å²) >= 11 is 11.6. The fourth-order valence-electron chi connectivity index (χ4n) is 1.39. The summed E-state index contributed by atoms with van der Waals surface area (Å²) in [6.45, 7) is 0. The molecule has 1 aromatic heterocycles. The number of nitro groups is 1. The van der Waals surface area contributed by atoms with E-state index < -0.39 is 4.92 Å². The first-order chi connectivity index (χ1) is 8.54. The molecule has 92 valence electrons. The van der Waals surface area contributed by atoms with E-state index in [0.717, 1.165) is 0 Å². The summed E-state index contributed by atoms with van der Waals surface area (Å²) in [5.41, 5.74) is 0.289. The molecule has 2 rings (SSSR count). The predicted molar refractivity (Wildman–Crippen MR) is 65.6 cm³/mol. The highest BCUT2D eigenvalue weighted by molar-refractivity contribution is 6.37. The van der Waals surface area contributed by atoms with E-state index >= 15 is 0 Å². The molecule has 0 radical (unpaired) electrons. The highest BCUT2D eigenvalue weighted by Gasteiger charge is 2.16. The maximum atomic E-state index is 10.7. The van der Waals surface area contributed by atoms with Crippen molar-refractivity contribution in [1.82, 2.24) is 9.78 Å². The average Bonchev–Trinajstić information content (AvgIpc) is 2.64. The van der Waals surface area contributed by atoms with Crippen LogP contribution in [0, 0.1) is 10.1 Å². The van der Waals surface area contributed by atoms with Crippen molar-refractivity contribution in [3.05, 3.63) is 50.2 Å². The van der Waals surface area contributed by atoms with Crippen molar-refractivity contribution < 1.29 is 9.72 Å². The number of carbonyl (C=O) groups excluding carboxylic acids is 1. The number of nitro benzene ring substituents is 1. The van der Waals surface area contributed by atoms with E-state index in [4.69, 9.17) is 23.2 Å². The highest BCUT2D eigenvalue weighted by atomic mass is 35.5. The van der Waals surface area contributed by atoms with Gasteiger partial charge in [0.1, 0.15) is 5.15 Å². The number of carbonyl (C=O) groups is 1. The number of rotatable bonds is 3. The molecule has 0 unspecified atom stereocenters. The summed E-state index contributed by atoms with van der Waals surface area (Å²) in [7, 11) is 0. The molecule has 0 N–H and O–H groups in total. The van der Waals surface area contributed by atoms with Crippen LogP contribution in [0.15, 0.2) is 24.3 Å². The number of aromatic nitrogens is 2. The molecule has 0 aliphatic carbocycles. The second-order valence-corrected chi connectivity index (χ2v) is 4.02. The normalized spacial score (nSPS) is 10.3. The lowest BCUT2D eigenvalue weighted by atomic mass is 10.3. The van der Waals surface area contributed by atoms with Crippen LogP contribution < -0.4 is 0 Å². The first kappa shape index (κ1) is 12.5. The molecule has 0 saturated carbocycles. The minimum absolute atomic E-state index is 0.00972. The minimum Gasteiger partial charge on any atom is -0.298 e. The number of hydrogen-bond acceptors (Lipinski definition) is 4. The van der Waals surface area contributed by atoms with E-state index in [0.29, 0.717) is 12.0 Å². The Balaban J connectivity index is 2.59. The van der Waals surface area contributed by atoms with Crippen LogP contribution in [0.1, 0.15) is 10.4 Å². The first-order valence-corrected chi connectivity index (χ1v) is 5.44. The van der Waals surface area contributed by atoms with Crippen LogP contribution in [0.25, 0.3) is 5.69 Å². The number of hydrogen-bond donors (Lipinski definition) is 0. The van der Waals surface area contributed by atoms with Gasteiger partial charge in [-0.2, -0.15) is 5.10 Å². The molecule has 0 saturated heterocycles. The van der Waals surface area contributed by atoms with Crippen molar-refractivity contribution >= 4 is 35.2 Å². The fourth-order valence-corrected chi connectivity index (χ4v) is 1.92. The van der Waals surface area contributed by atoms with Crippen LogP contribution in [-0.2, 0) is 0 Å². The zero-order valence-electron chi connectivity index (χ0n) is 8.71. The molecule has 0 amide bonds. The Morgan fingerprint density at radius 3 is 2.67 bits per heavy atom. The number of benzene rings is 1. The number of nitrogens with zero attached hydrogens (tertiary/aromatic N) is 3. The maximum absolute atomic E-state index is 10.7. The van der Waals surface area contributed by atoms with Crippen LogP contribution in [-0.4, -0.2) is 21.0 Å². The van der Waals surface area contributed by atoms with Crippen LogP contribution in [0.5, 0.6) is 0 Å². The Morgan fingerprint density at radius 2 is 2.11 bits per heavy atom. The smallest absolute Gasteiger partial charge is 0.271 e. The largest absolute Gasteiger partial charge is 0.298 e. The molecule has 0 aliphatic rings. The Labute approximate surface area is 111 Å². The average molecular weight is 286 g/mol. The standard InChI is InChI=1S/C10H5Cl2N3O3/c11-9-8(5-16)10(12)14(13-9)6-2-1-3-7(4-6)15(17)18/h1-5H. The van der Waals surface area contributed by atoms with E-state index in [1.54, 1.807) is 6.07 Å². The lowest BCUT2D eigenvalue weighted by molar-refractivity contribution is -0.384. The molecule has 0 atom stereocenters. The summed E-state index contributed by atoms with van der Waals surface area (Å²) in [6, 6.07) is 5.67. The lowest BCUT2D eigenvalue weighted by Crippen LogP contribution is -1.98. The van der Waals surface area contributed by atoms with Gasteiger partial charge in [-0.25, -0.2) is 4.68 Å². The topological polar surface area (TPSA) is 78.0 Å². The minimum atomic E-state index is -0.539. The predicted octanol–water partition coefficient (Wildman–Crippen LogP) is 2.90. The van der Waals surface area contributed by atoms with Gasteiger partial charge in [-0.1, -0.05) is 29.3 Å². The summed E-state index contributed by atoms with van der Waals surface area (Å²) in [6.07, 6.45) is 0.478. The van der Waals surface area contributed by atoms with Gasteiger partial charge in [0.05, 0.1) is 16.2 Å². The summed E-state index contributed by atoms with van der Waals surface area (Å²) in [5, 5.41) is 14.5. The lowest BCUT2D eigenvalue weighted by Gasteiger charge is -2.02. The second kappa shape index (κ2) is 4.75. The molecule has 2 aromatic rings. The van der Waals surface area contributed by atoms with Gasteiger partial charge in [-0.3, -0.25) is 14.9 Å². The van der Waals surface area contributed by atoms with Crippen molar-refractivity contribution in [1.29, 1.82) is 0 Å². The molecule has 1 heterocycles. The van der Waals surface area contributed by atoms with Crippen LogP contribution in [0.3, 0.4) is 0 Å². The van der Waals surface area contributed by atoms with Gasteiger partial charge in [0.2, 0.25) is 0 Å². The number of non-ortho nitro benzene ring substituents is 1. The molecular formula is C10H5Cl2N3O3. The molecule has 0 spiro atoms. The van der Waals surface area contributed by atoms with E-state index in [1.165, 1.54) is 22.9 Å². The van der Waals surface area contributed by atoms with Gasteiger partial charge in [0.15, 0.2) is 11.4 Å². The molecule has 18 heavy (non-hydrogen) atoms. The van der Waals surface area contributed by atoms with Gasteiger partial charge < -0.3 is 0 Å². The van der Waals surface area contributed by atoms with Crippen molar-refractivity contribution in [3.8, 4) is 5.69 Å². The van der Waals surface area contributed by atoms with Crippen molar-refractivity contribution in [2.45, 2.75) is 0 Å². The van der Waals surface area contributed by atoms with Gasteiger partial charge in [-0.05, 0) is 6.07 Å². The summed E-state index contributed by atoms with van der Waals surface area (Å²) in [4.78, 5) is 20.9. The molecular weight excluding hydrogens is 281 g/mol. The second-order valence-electron chi connectivity index (χ2n) is 3.30. The monoisotopic (exact) mass is 285 g/mol. The van der Waals surface area contributed by atoms with Gasteiger partial charge in [0, 0.05) is 12.1 Å². The van der Waals surface area contributed by atoms with Gasteiger partial charge >= 0.3 is 0 Å². The van der Waals surface area contributed by atoms with Crippen LogP contribution in [0.4, 0.5) is 5.69 Å². The Hall–Kier alpha value is -1.92. The third-order valence-electron chi connectivity index (χ3n) is 2.22. The number of aldehydes is 1. The van der Waals surface area contributed by atoms with Gasteiger partial charge in [0.25, 0.3) is 5.69 Å².